The van der Waals surface area contributed by atoms with Crippen molar-refractivity contribution in [3.63, 3.8) is 0 Å². The Morgan fingerprint density at radius 3 is 2.52 bits per heavy atom. The largest absolute Gasteiger partial charge is 0.464 e. The number of furan rings is 1. The Bertz CT molecular complexity index is 1430. The summed E-state index contributed by atoms with van der Waals surface area (Å²) in [6.07, 6.45) is 3.34. The van der Waals surface area contributed by atoms with Crippen LogP contribution in [0.2, 0.25) is 0 Å². The number of hydrogen-bond acceptors (Lipinski definition) is 5. The Balaban J connectivity index is 1.39. The molecule has 0 saturated heterocycles. The molecular weight excluding hydrogens is 416 g/mol. The fourth-order valence-electron chi connectivity index (χ4n) is 4.13. The van der Waals surface area contributed by atoms with Crippen molar-refractivity contribution >= 4 is 22.6 Å². The third-order valence-electron chi connectivity index (χ3n) is 5.71. The lowest BCUT2D eigenvalue weighted by atomic mass is 10.1. The van der Waals surface area contributed by atoms with E-state index in [4.69, 9.17) is 4.42 Å². The van der Waals surface area contributed by atoms with Gasteiger partial charge in [-0.25, -0.2) is 9.67 Å². The van der Waals surface area contributed by atoms with Crippen molar-refractivity contribution in [2.45, 2.75) is 33.9 Å². The number of aryl methyl sites for hydroxylation is 2. The number of nitrogens with one attached hydrogen (secondary N) is 1. The highest BCUT2D eigenvalue weighted by atomic mass is 16.3. The topological polar surface area (TPSA) is 90.8 Å². The molecule has 0 atom stereocenters. The van der Waals surface area contributed by atoms with E-state index in [0.29, 0.717) is 12.2 Å². The molecule has 5 rings (SSSR count). The van der Waals surface area contributed by atoms with Gasteiger partial charge in [0.05, 0.1) is 41.0 Å². The van der Waals surface area contributed by atoms with E-state index >= 15 is 0 Å². The summed E-state index contributed by atoms with van der Waals surface area (Å²) < 4.78 is 9.11. The van der Waals surface area contributed by atoms with Gasteiger partial charge in [-0.1, -0.05) is 30.3 Å². The van der Waals surface area contributed by atoms with E-state index in [1.165, 1.54) is 0 Å². The van der Waals surface area contributed by atoms with Crippen LogP contribution in [-0.4, -0.2) is 30.5 Å². The lowest BCUT2D eigenvalue weighted by molar-refractivity contribution is -0.116. The summed E-state index contributed by atoms with van der Waals surface area (Å²) in [6.45, 7) is 6.46. The Morgan fingerprint density at radius 2 is 1.76 bits per heavy atom. The predicted molar refractivity (Wildman–Crippen MR) is 126 cm³/mol. The van der Waals surface area contributed by atoms with Crippen molar-refractivity contribution in [1.82, 2.24) is 24.5 Å². The lowest BCUT2D eigenvalue weighted by Crippen LogP contribution is -2.20. The van der Waals surface area contributed by atoms with Crippen LogP contribution in [0.5, 0.6) is 0 Å². The van der Waals surface area contributed by atoms with Gasteiger partial charge < -0.3 is 9.73 Å². The normalized spacial score (nSPS) is 11.2. The molecule has 0 aliphatic rings. The van der Waals surface area contributed by atoms with Gasteiger partial charge in [-0.15, -0.1) is 0 Å². The van der Waals surface area contributed by atoms with Crippen LogP contribution in [0.15, 0.2) is 65.4 Å². The molecule has 166 valence electrons. The summed E-state index contributed by atoms with van der Waals surface area (Å²) in [5.41, 5.74) is 5.90. The Kier molecular flexibility index (Phi) is 5.26. The molecule has 0 spiro atoms. The maximum absolute atomic E-state index is 13.0. The highest BCUT2D eigenvalue weighted by Gasteiger charge is 2.19. The first-order valence-electron chi connectivity index (χ1n) is 10.7. The molecular formula is C25H24N6O2. The summed E-state index contributed by atoms with van der Waals surface area (Å²) in [7, 11) is 0. The van der Waals surface area contributed by atoms with Crippen LogP contribution < -0.4 is 5.32 Å². The molecule has 0 saturated carbocycles. The number of carbonyl (C=O) groups excluding carboxylic acids is 1. The second-order valence-electron chi connectivity index (χ2n) is 8.01. The fourth-order valence-corrected chi connectivity index (χ4v) is 4.13. The van der Waals surface area contributed by atoms with E-state index in [2.05, 4.69) is 32.6 Å². The summed E-state index contributed by atoms with van der Waals surface area (Å²) in [5.74, 6) is 0.557. The predicted octanol–water partition coefficient (Wildman–Crippen LogP) is 4.50. The monoisotopic (exact) mass is 440 g/mol. The van der Waals surface area contributed by atoms with E-state index in [1.54, 1.807) is 17.1 Å². The lowest BCUT2D eigenvalue weighted by Gasteiger charge is -2.08. The van der Waals surface area contributed by atoms with Crippen LogP contribution in [0.25, 0.3) is 22.4 Å². The van der Waals surface area contributed by atoms with Gasteiger partial charge in [-0.3, -0.25) is 9.48 Å². The van der Waals surface area contributed by atoms with Crippen molar-refractivity contribution < 1.29 is 9.21 Å². The Hall–Kier alpha value is -4.20. The molecule has 0 bridgehead atoms. The number of pyridine rings is 1. The molecule has 1 aromatic carbocycles. The third-order valence-corrected chi connectivity index (χ3v) is 5.71. The van der Waals surface area contributed by atoms with E-state index in [-0.39, 0.29) is 12.5 Å². The van der Waals surface area contributed by atoms with Crippen LogP contribution in [0.3, 0.4) is 0 Å². The molecule has 5 aromatic rings. The molecule has 33 heavy (non-hydrogen) atoms. The van der Waals surface area contributed by atoms with E-state index < -0.39 is 0 Å². The zero-order valence-corrected chi connectivity index (χ0v) is 18.7. The Labute approximate surface area is 190 Å². The zero-order chi connectivity index (χ0) is 22.9. The fraction of sp³-hybridized carbons (Fsp3) is 0.200. The van der Waals surface area contributed by atoms with E-state index in [9.17, 15) is 4.79 Å². The zero-order valence-electron chi connectivity index (χ0n) is 18.7. The summed E-state index contributed by atoms with van der Waals surface area (Å²) in [5, 5.41) is 13.1. The number of nitrogens with zero attached hydrogens (tertiary/aromatic N) is 5. The van der Waals surface area contributed by atoms with Gasteiger partial charge in [0.25, 0.3) is 0 Å². The number of carbonyl (C=O) groups is 1. The minimum atomic E-state index is -0.185. The van der Waals surface area contributed by atoms with Gasteiger partial charge >= 0.3 is 0 Å². The first-order chi connectivity index (χ1) is 16.0. The number of benzene rings is 1. The third kappa shape index (κ3) is 3.91. The van der Waals surface area contributed by atoms with Crippen LogP contribution >= 0.6 is 0 Å². The molecule has 0 fully saturated rings. The van der Waals surface area contributed by atoms with Gasteiger partial charge in [0.15, 0.2) is 5.65 Å². The molecule has 1 N–H and O–H groups in total. The van der Waals surface area contributed by atoms with Gasteiger partial charge in [-0.05, 0) is 44.5 Å². The average molecular weight is 441 g/mol. The minimum Gasteiger partial charge on any atom is -0.464 e. The smallest absolute Gasteiger partial charge is 0.246 e. The van der Waals surface area contributed by atoms with Crippen LogP contribution in [0.1, 0.15) is 22.6 Å². The van der Waals surface area contributed by atoms with Gasteiger partial charge in [-0.2, -0.15) is 10.2 Å². The second kappa shape index (κ2) is 8.38. The molecule has 8 nitrogen and oxygen atoms in total. The summed E-state index contributed by atoms with van der Waals surface area (Å²) in [6, 6.07) is 15.8. The van der Waals surface area contributed by atoms with Crippen molar-refractivity contribution in [2.75, 3.05) is 5.32 Å². The highest BCUT2D eigenvalue weighted by molar-refractivity contribution is 5.95. The SMILES string of the molecule is Cc1nn(Cc2ccccc2)c(C)c1NC(=O)Cn1nc(C)c2c(-c3ccco3)ccnc21. The number of hydrogen-bond donors (Lipinski definition) is 1. The molecule has 0 unspecified atom stereocenters. The average Bonchev–Trinajstić information content (AvgIpc) is 3.51. The molecule has 0 aliphatic carbocycles. The minimum absolute atomic E-state index is 0.0433. The number of rotatable bonds is 6. The molecule has 0 aliphatic heterocycles. The standard InChI is InChI=1S/C25H24N6O2/c1-16-23-20(21-10-7-13-33-21)11-12-26-25(23)31(28-16)15-22(32)27-24-17(2)29-30(18(24)3)14-19-8-5-4-6-9-19/h4-13H,14-15H2,1-3H3,(H,27,32). The Morgan fingerprint density at radius 1 is 0.970 bits per heavy atom. The number of fused-ring (bicyclic) bond motifs is 1. The quantitative estimate of drug-likeness (QED) is 0.420. The number of amides is 1. The van der Waals surface area contributed by atoms with Crippen LogP contribution in [0.4, 0.5) is 5.69 Å². The molecule has 8 heteroatoms. The van der Waals surface area contributed by atoms with Crippen molar-refractivity contribution in [1.29, 1.82) is 0 Å². The van der Waals surface area contributed by atoms with Gasteiger partial charge in [0.1, 0.15) is 12.3 Å². The molecule has 4 heterocycles. The summed E-state index contributed by atoms with van der Waals surface area (Å²) in [4.78, 5) is 17.4. The number of aromatic nitrogens is 5. The van der Waals surface area contributed by atoms with Crippen molar-refractivity contribution in [2.24, 2.45) is 0 Å². The van der Waals surface area contributed by atoms with Gasteiger partial charge in [0.2, 0.25) is 5.91 Å². The molecule has 1 amide bonds. The number of anilines is 1. The van der Waals surface area contributed by atoms with E-state index in [0.717, 1.165) is 45.0 Å². The second-order valence-corrected chi connectivity index (χ2v) is 8.01. The van der Waals surface area contributed by atoms with E-state index in [1.807, 2.05) is 61.9 Å². The van der Waals surface area contributed by atoms with Crippen molar-refractivity contribution in [3.05, 3.63) is 83.6 Å². The molecule has 4 aromatic heterocycles. The maximum atomic E-state index is 13.0. The van der Waals surface area contributed by atoms with Gasteiger partial charge in [0, 0.05) is 11.8 Å². The van der Waals surface area contributed by atoms with Crippen molar-refractivity contribution in [3.8, 4) is 11.3 Å². The summed E-state index contributed by atoms with van der Waals surface area (Å²) >= 11 is 0. The van der Waals surface area contributed by atoms with Crippen LogP contribution in [-0.2, 0) is 17.9 Å². The van der Waals surface area contributed by atoms with Crippen LogP contribution in [0, 0.1) is 20.8 Å². The first-order valence-corrected chi connectivity index (χ1v) is 10.7. The highest BCUT2D eigenvalue weighted by Crippen LogP contribution is 2.30. The first kappa shape index (κ1) is 20.7. The maximum Gasteiger partial charge on any atom is 0.246 e. The molecule has 0 radical (unpaired) electrons.